The van der Waals surface area contributed by atoms with Gasteiger partial charge in [0.05, 0.1) is 40.7 Å². The van der Waals surface area contributed by atoms with Crippen molar-refractivity contribution in [3.05, 3.63) is 72.0 Å². The lowest BCUT2D eigenvalue weighted by Gasteiger charge is -2.30. The minimum absolute atomic E-state index is 0.0754. The van der Waals surface area contributed by atoms with Gasteiger partial charge in [0.2, 0.25) is 12.3 Å². The molecule has 3 N–H and O–H groups in total. The highest BCUT2D eigenvalue weighted by Crippen LogP contribution is 2.37. The third kappa shape index (κ3) is 4.13. The molecule has 4 aromatic rings. The summed E-state index contributed by atoms with van der Waals surface area (Å²) in [6.45, 7) is 6.32. The smallest absolute Gasteiger partial charge is 0.258 e. The Balaban J connectivity index is 1.48. The molecule has 5 rings (SSSR count). The lowest BCUT2D eigenvalue weighted by atomic mass is 10.0. The van der Waals surface area contributed by atoms with Crippen molar-refractivity contribution >= 4 is 23.4 Å². The van der Waals surface area contributed by atoms with E-state index < -0.39 is 5.54 Å². The maximum Gasteiger partial charge on any atom is 0.258 e. The predicted molar refractivity (Wildman–Crippen MR) is 132 cm³/mol. The van der Waals surface area contributed by atoms with E-state index in [9.17, 15) is 9.90 Å². The molecule has 184 valence electrons. The van der Waals surface area contributed by atoms with Gasteiger partial charge in [-0.2, -0.15) is 0 Å². The van der Waals surface area contributed by atoms with Crippen LogP contribution in [-0.4, -0.2) is 54.2 Å². The van der Waals surface area contributed by atoms with Crippen LogP contribution in [0.25, 0.3) is 11.5 Å². The first kappa shape index (κ1) is 23.4. The Morgan fingerprint density at radius 3 is 2.61 bits per heavy atom. The van der Waals surface area contributed by atoms with Gasteiger partial charge in [-0.25, -0.2) is 15.0 Å². The van der Waals surface area contributed by atoms with Gasteiger partial charge in [-0.3, -0.25) is 4.79 Å². The third-order valence-electron chi connectivity index (χ3n) is 6.28. The molecule has 0 bridgehead atoms. The second-order valence-electron chi connectivity index (χ2n) is 8.84. The fraction of sp³-hybridized carbons (Fsp3) is 0.280. The lowest BCUT2D eigenvalue weighted by molar-refractivity contribution is 0.0631. The van der Waals surface area contributed by atoms with Crippen molar-refractivity contribution in [2.75, 3.05) is 23.8 Å². The van der Waals surface area contributed by atoms with Crippen LogP contribution in [0.2, 0.25) is 0 Å². The van der Waals surface area contributed by atoms with Gasteiger partial charge < -0.3 is 25.1 Å². The maximum atomic E-state index is 12.7. The fourth-order valence-corrected chi connectivity index (χ4v) is 4.46. The molecule has 36 heavy (non-hydrogen) atoms. The number of nitrogens with one attached hydrogen (secondary N) is 2. The number of nitrogens with zero attached hydrogens (tertiary/aromatic N) is 6. The van der Waals surface area contributed by atoms with Crippen molar-refractivity contribution in [1.29, 1.82) is 0 Å². The van der Waals surface area contributed by atoms with Crippen LogP contribution in [0, 0.1) is 0 Å². The Bertz CT molecular complexity index is 1380. The number of aromatic nitrogens is 5. The minimum atomic E-state index is -0.549. The van der Waals surface area contributed by atoms with E-state index in [-0.39, 0.29) is 24.4 Å². The molecule has 1 aliphatic heterocycles. The van der Waals surface area contributed by atoms with Crippen molar-refractivity contribution in [3.63, 3.8) is 0 Å². The van der Waals surface area contributed by atoms with E-state index in [1.165, 1.54) is 6.39 Å². The molecular weight excluding hydrogens is 460 g/mol. The first-order valence-electron chi connectivity index (χ1n) is 11.6. The maximum absolute atomic E-state index is 12.7. The van der Waals surface area contributed by atoms with Crippen molar-refractivity contribution < 1.29 is 14.3 Å². The summed E-state index contributed by atoms with van der Waals surface area (Å²) < 4.78 is 5.40. The van der Waals surface area contributed by atoms with Gasteiger partial charge in [-0.15, -0.1) is 10.2 Å². The standard InChI is InChI=1S/C25H26N8O3/c1-4-33-23(35)17-12-27-24(31-21(17)25(33,2)3)30-20-10-18(16(11-26-20)22-32-28-14-36-22)29-19(13-34)15-8-6-5-7-9-15/h5-12,14,19,34H,4,13H2,1-3H3,(H2,26,27,29,30,31)/t19-/m1/s1. The van der Waals surface area contributed by atoms with E-state index >= 15 is 0 Å². The van der Waals surface area contributed by atoms with Crippen LogP contribution in [0.5, 0.6) is 0 Å². The molecule has 4 heterocycles. The zero-order chi connectivity index (χ0) is 25.3. The number of carbonyl (C=O) groups excluding carboxylic acids is 1. The van der Waals surface area contributed by atoms with E-state index in [1.807, 2.05) is 51.1 Å². The van der Waals surface area contributed by atoms with Crippen molar-refractivity contribution in [2.45, 2.75) is 32.4 Å². The molecule has 0 aliphatic carbocycles. The fourth-order valence-electron chi connectivity index (χ4n) is 4.46. The summed E-state index contributed by atoms with van der Waals surface area (Å²) in [5.41, 5.74) is 2.73. The highest BCUT2D eigenvalue weighted by Gasteiger charge is 2.44. The Morgan fingerprint density at radius 2 is 1.92 bits per heavy atom. The second-order valence-corrected chi connectivity index (χ2v) is 8.84. The van der Waals surface area contributed by atoms with Crippen molar-refractivity contribution in [3.8, 4) is 11.5 Å². The van der Waals surface area contributed by atoms with Crippen LogP contribution in [-0.2, 0) is 5.54 Å². The topological polar surface area (TPSA) is 142 Å². The van der Waals surface area contributed by atoms with Crippen LogP contribution < -0.4 is 10.6 Å². The SMILES string of the molecule is CCN1C(=O)c2cnc(Nc3cc(N[C@H](CO)c4ccccc4)c(-c4nnco4)cn3)nc2C1(C)C. The van der Waals surface area contributed by atoms with E-state index in [1.54, 1.807) is 23.4 Å². The molecule has 0 fully saturated rings. The Labute approximate surface area is 207 Å². The molecule has 0 unspecified atom stereocenters. The number of carbonyl (C=O) groups is 1. The van der Waals surface area contributed by atoms with E-state index in [0.29, 0.717) is 40.8 Å². The zero-order valence-corrected chi connectivity index (χ0v) is 20.1. The van der Waals surface area contributed by atoms with Crippen LogP contribution in [0.1, 0.15) is 48.4 Å². The first-order chi connectivity index (χ1) is 17.4. The summed E-state index contributed by atoms with van der Waals surface area (Å²) in [6.07, 6.45) is 4.39. The number of benzene rings is 1. The quantitative estimate of drug-likeness (QED) is 0.338. The van der Waals surface area contributed by atoms with Crippen molar-refractivity contribution in [1.82, 2.24) is 30.0 Å². The van der Waals surface area contributed by atoms with Gasteiger partial charge >= 0.3 is 0 Å². The Morgan fingerprint density at radius 1 is 1.14 bits per heavy atom. The second kappa shape index (κ2) is 9.34. The first-order valence-corrected chi connectivity index (χ1v) is 11.6. The molecule has 1 amide bonds. The number of hydrogen-bond acceptors (Lipinski definition) is 10. The number of amides is 1. The molecule has 0 saturated heterocycles. The monoisotopic (exact) mass is 486 g/mol. The molecule has 11 nitrogen and oxygen atoms in total. The predicted octanol–water partition coefficient (Wildman–Crippen LogP) is 3.52. The van der Waals surface area contributed by atoms with Crippen molar-refractivity contribution in [2.24, 2.45) is 0 Å². The summed E-state index contributed by atoms with van der Waals surface area (Å²) in [5.74, 6) is 0.988. The normalized spacial score (nSPS) is 15.0. The molecule has 1 aliphatic rings. The van der Waals surface area contributed by atoms with E-state index in [2.05, 4.69) is 35.8 Å². The molecular formula is C25H26N8O3. The van der Waals surface area contributed by atoms with Crippen LogP contribution >= 0.6 is 0 Å². The minimum Gasteiger partial charge on any atom is -0.423 e. The van der Waals surface area contributed by atoms with E-state index in [4.69, 9.17) is 4.42 Å². The summed E-state index contributed by atoms with van der Waals surface area (Å²) >= 11 is 0. The number of fused-ring (bicyclic) bond motifs is 1. The number of rotatable bonds is 8. The number of anilines is 3. The van der Waals surface area contributed by atoms with Gasteiger partial charge in [0, 0.05) is 25.0 Å². The van der Waals surface area contributed by atoms with E-state index in [0.717, 1.165) is 5.56 Å². The highest BCUT2D eigenvalue weighted by atomic mass is 16.4. The molecule has 0 saturated carbocycles. The number of aliphatic hydroxyl groups is 1. The van der Waals surface area contributed by atoms with Gasteiger partial charge in [-0.1, -0.05) is 30.3 Å². The van der Waals surface area contributed by atoms with Gasteiger partial charge in [-0.05, 0) is 26.3 Å². The molecule has 0 spiro atoms. The van der Waals surface area contributed by atoms with Gasteiger partial charge in [0.15, 0.2) is 0 Å². The summed E-state index contributed by atoms with van der Waals surface area (Å²) in [4.78, 5) is 28.0. The Hall–Kier alpha value is -4.38. The Kier molecular flexibility index (Phi) is 6.06. The molecule has 3 aromatic heterocycles. The largest absolute Gasteiger partial charge is 0.423 e. The van der Waals surface area contributed by atoms with Gasteiger partial charge in [0.1, 0.15) is 5.82 Å². The van der Waals surface area contributed by atoms with Gasteiger partial charge in [0.25, 0.3) is 11.8 Å². The summed E-state index contributed by atoms with van der Waals surface area (Å²) in [7, 11) is 0. The average Bonchev–Trinajstić information content (AvgIpc) is 3.48. The number of hydrogen-bond donors (Lipinski definition) is 3. The summed E-state index contributed by atoms with van der Waals surface area (Å²) in [6, 6.07) is 11.0. The molecule has 1 atom stereocenters. The zero-order valence-electron chi connectivity index (χ0n) is 20.1. The van der Waals surface area contributed by atoms with Crippen LogP contribution in [0.15, 0.2) is 59.6 Å². The molecule has 1 aromatic carbocycles. The van der Waals surface area contributed by atoms with Crippen LogP contribution in [0.3, 0.4) is 0 Å². The number of pyridine rings is 1. The highest BCUT2D eigenvalue weighted by molar-refractivity contribution is 5.99. The lowest BCUT2D eigenvalue weighted by Crippen LogP contribution is -2.39. The van der Waals surface area contributed by atoms with Crippen LogP contribution in [0.4, 0.5) is 17.5 Å². The third-order valence-corrected chi connectivity index (χ3v) is 6.28. The molecule has 11 heteroatoms. The average molecular weight is 487 g/mol. The number of aliphatic hydroxyl groups excluding tert-OH is 1. The molecule has 0 radical (unpaired) electrons. The summed E-state index contributed by atoms with van der Waals surface area (Å²) in [5, 5.41) is 24.3.